The number of nitrogens with zero attached hydrogens (tertiary/aromatic N) is 1. The molecular weight excluding hydrogens is 358 g/mol. The van der Waals surface area contributed by atoms with Gasteiger partial charge in [0.05, 0.1) is 23.8 Å². The molecule has 1 aliphatic heterocycles. The summed E-state index contributed by atoms with van der Waals surface area (Å²) >= 11 is 3.61. The quantitative estimate of drug-likeness (QED) is 0.779. The van der Waals surface area contributed by atoms with Gasteiger partial charge in [-0.2, -0.15) is 0 Å². The van der Waals surface area contributed by atoms with Crippen molar-refractivity contribution < 1.29 is 14.6 Å². The average Bonchev–Trinajstić information content (AvgIpc) is 2.50. The number of aliphatic hydroxyl groups is 1. The van der Waals surface area contributed by atoms with Crippen molar-refractivity contribution >= 4 is 15.9 Å². The summed E-state index contributed by atoms with van der Waals surface area (Å²) in [6.45, 7) is 7.23. The van der Waals surface area contributed by atoms with Gasteiger partial charge in [-0.15, -0.1) is 0 Å². The van der Waals surface area contributed by atoms with Crippen molar-refractivity contribution in [2.75, 3.05) is 33.4 Å². The third-order valence-corrected chi connectivity index (χ3v) is 4.80. The van der Waals surface area contributed by atoms with Crippen molar-refractivity contribution in [2.24, 2.45) is 5.92 Å². The Hall–Kier alpha value is -0.780. The van der Waals surface area contributed by atoms with E-state index in [9.17, 15) is 5.11 Å². The first-order chi connectivity index (χ1) is 11.0. The molecule has 1 aromatic rings. The number of likely N-dealkylation sites (tertiary alicyclic amines) is 1. The number of ether oxygens (including phenoxy) is 2. The van der Waals surface area contributed by atoms with Gasteiger partial charge in [0.1, 0.15) is 0 Å². The van der Waals surface area contributed by atoms with Crippen molar-refractivity contribution in [3.63, 3.8) is 0 Å². The molecule has 4 nitrogen and oxygen atoms in total. The highest BCUT2D eigenvalue weighted by molar-refractivity contribution is 9.10. The highest BCUT2D eigenvalue weighted by Gasteiger charge is 2.26. The van der Waals surface area contributed by atoms with Gasteiger partial charge in [-0.1, -0.05) is 6.92 Å². The summed E-state index contributed by atoms with van der Waals surface area (Å²) in [5.41, 5.74) is 1.17. The van der Waals surface area contributed by atoms with E-state index in [-0.39, 0.29) is 12.0 Å². The number of hydrogen-bond donors (Lipinski definition) is 1. The summed E-state index contributed by atoms with van der Waals surface area (Å²) in [6, 6.07) is 4.15. The van der Waals surface area contributed by atoms with Gasteiger partial charge in [0.15, 0.2) is 11.5 Å². The molecule has 0 amide bonds. The zero-order valence-electron chi connectivity index (χ0n) is 14.3. The Bertz CT molecular complexity index is 509. The lowest BCUT2D eigenvalue weighted by Gasteiger charge is -2.34. The predicted molar refractivity (Wildman–Crippen MR) is 96.4 cm³/mol. The summed E-state index contributed by atoms with van der Waals surface area (Å²) < 4.78 is 12.5. The maximum absolute atomic E-state index is 10.3. The molecule has 1 heterocycles. The largest absolute Gasteiger partial charge is 0.490 e. The monoisotopic (exact) mass is 385 g/mol. The minimum absolute atomic E-state index is 0.225. The van der Waals surface area contributed by atoms with Crippen molar-refractivity contribution in [1.29, 1.82) is 0 Å². The van der Waals surface area contributed by atoms with E-state index in [2.05, 4.69) is 46.9 Å². The lowest BCUT2D eigenvalue weighted by Crippen LogP contribution is -2.41. The van der Waals surface area contributed by atoms with Crippen LogP contribution in [0, 0.1) is 5.92 Å². The van der Waals surface area contributed by atoms with Crippen molar-refractivity contribution in [1.82, 2.24) is 4.90 Å². The average molecular weight is 386 g/mol. The number of halogens is 1. The minimum atomic E-state index is -0.225. The minimum Gasteiger partial charge on any atom is -0.490 e. The van der Waals surface area contributed by atoms with Gasteiger partial charge >= 0.3 is 0 Å². The molecule has 1 aliphatic rings. The summed E-state index contributed by atoms with van der Waals surface area (Å²) in [6.07, 6.45) is 2.42. The molecule has 0 bridgehead atoms. The van der Waals surface area contributed by atoms with Gasteiger partial charge in [0, 0.05) is 19.0 Å². The van der Waals surface area contributed by atoms with Crippen LogP contribution in [0.1, 0.15) is 32.3 Å². The molecule has 0 aromatic heterocycles. The van der Waals surface area contributed by atoms with Crippen LogP contribution in [-0.4, -0.2) is 49.5 Å². The third-order valence-electron chi connectivity index (χ3n) is 4.21. The molecule has 0 radical (unpaired) electrons. The highest BCUT2D eigenvalue weighted by atomic mass is 79.9. The van der Waals surface area contributed by atoms with Gasteiger partial charge in [0.25, 0.3) is 0 Å². The Morgan fingerprint density at radius 2 is 2.09 bits per heavy atom. The fraction of sp³-hybridized carbons (Fsp3) is 0.667. The van der Waals surface area contributed by atoms with E-state index in [1.807, 2.05) is 6.92 Å². The second kappa shape index (κ2) is 8.90. The lowest BCUT2D eigenvalue weighted by atomic mass is 9.89. The van der Waals surface area contributed by atoms with Gasteiger partial charge in [0.2, 0.25) is 0 Å². The standard InChI is InChI=1S/C18H28BrNO3/c1-4-8-23-18-15(19)10-13(11-17(18)22-5-2)9-14-12-20(3)7-6-16(14)21/h10-11,14,16,21H,4-9,12H2,1-3H3. The molecule has 1 saturated heterocycles. The van der Waals surface area contributed by atoms with Gasteiger partial charge in [-0.05, 0) is 66.9 Å². The Morgan fingerprint density at radius 3 is 2.78 bits per heavy atom. The van der Waals surface area contributed by atoms with Crippen LogP contribution >= 0.6 is 15.9 Å². The molecule has 1 fully saturated rings. The number of aliphatic hydroxyl groups excluding tert-OH is 1. The van der Waals surface area contributed by atoms with Gasteiger partial charge < -0.3 is 19.5 Å². The van der Waals surface area contributed by atoms with E-state index >= 15 is 0 Å². The second-order valence-electron chi connectivity index (χ2n) is 6.27. The fourth-order valence-corrected chi connectivity index (χ4v) is 3.66. The van der Waals surface area contributed by atoms with Crippen LogP contribution < -0.4 is 9.47 Å². The summed E-state index contributed by atoms with van der Waals surface area (Å²) in [4.78, 5) is 2.29. The maximum atomic E-state index is 10.3. The van der Waals surface area contributed by atoms with Crippen molar-refractivity contribution in [3.8, 4) is 11.5 Å². The molecule has 1 N–H and O–H groups in total. The number of hydrogen-bond acceptors (Lipinski definition) is 4. The first-order valence-corrected chi connectivity index (χ1v) is 9.29. The normalized spacial score (nSPS) is 22.1. The van der Waals surface area contributed by atoms with E-state index < -0.39 is 0 Å². The van der Waals surface area contributed by atoms with Crippen LogP contribution in [0.4, 0.5) is 0 Å². The summed E-state index contributed by atoms with van der Waals surface area (Å²) in [7, 11) is 2.11. The van der Waals surface area contributed by atoms with E-state index in [1.165, 1.54) is 5.56 Å². The zero-order chi connectivity index (χ0) is 16.8. The van der Waals surface area contributed by atoms with Gasteiger partial charge in [-0.3, -0.25) is 0 Å². The number of piperidine rings is 1. The Morgan fingerprint density at radius 1 is 1.30 bits per heavy atom. The first-order valence-electron chi connectivity index (χ1n) is 8.49. The summed E-state index contributed by atoms with van der Waals surface area (Å²) in [5, 5.41) is 10.3. The molecule has 1 aromatic carbocycles. The molecule has 0 saturated carbocycles. The van der Waals surface area contributed by atoms with Crippen molar-refractivity contribution in [3.05, 3.63) is 22.2 Å². The van der Waals surface area contributed by atoms with Gasteiger partial charge in [-0.25, -0.2) is 0 Å². The first kappa shape index (κ1) is 18.6. The second-order valence-corrected chi connectivity index (χ2v) is 7.12. The topological polar surface area (TPSA) is 41.9 Å². The highest BCUT2D eigenvalue weighted by Crippen LogP contribution is 2.38. The van der Waals surface area contributed by atoms with Crippen LogP contribution in [0.15, 0.2) is 16.6 Å². The zero-order valence-corrected chi connectivity index (χ0v) is 15.9. The summed E-state index contributed by atoms with van der Waals surface area (Å²) in [5.74, 6) is 1.82. The Kier molecular flexibility index (Phi) is 7.18. The third kappa shape index (κ3) is 5.10. The molecule has 2 atom stereocenters. The molecule has 23 heavy (non-hydrogen) atoms. The molecule has 5 heteroatoms. The molecule has 130 valence electrons. The Labute approximate surface area is 147 Å². The van der Waals surface area contributed by atoms with Crippen LogP contribution in [0.3, 0.4) is 0 Å². The van der Waals surface area contributed by atoms with E-state index in [1.54, 1.807) is 0 Å². The van der Waals surface area contributed by atoms with Crippen molar-refractivity contribution in [2.45, 2.75) is 39.2 Å². The fourth-order valence-electron chi connectivity index (χ4n) is 3.05. The Balaban J connectivity index is 2.18. The van der Waals surface area contributed by atoms with Crippen LogP contribution in [0.5, 0.6) is 11.5 Å². The number of benzene rings is 1. The van der Waals surface area contributed by atoms with Crippen LogP contribution in [0.2, 0.25) is 0 Å². The molecule has 2 rings (SSSR count). The van der Waals surface area contributed by atoms with E-state index in [0.717, 1.165) is 48.3 Å². The molecule has 0 spiro atoms. The molecule has 2 unspecified atom stereocenters. The van der Waals surface area contributed by atoms with Crippen LogP contribution in [0.25, 0.3) is 0 Å². The van der Waals surface area contributed by atoms with E-state index in [0.29, 0.717) is 13.2 Å². The maximum Gasteiger partial charge on any atom is 0.175 e. The predicted octanol–water partition coefficient (Wildman–Crippen LogP) is 3.49. The lowest BCUT2D eigenvalue weighted by molar-refractivity contribution is 0.0366. The molecular formula is C18H28BrNO3. The number of rotatable bonds is 7. The van der Waals surface area contributed by atoms with Crippen LogP contribution in [-0.2, 0) is 6.42 Å². The van der Waals surface area contributed by atoms with E-state index in [4.69, 9.17) is 9.47 Å². The smallest absolute Gasteiger partial charge is 0.175 e. The molecule has 0 aliphatic carbocycles. The SMILES string of the molecule is CCCOc1c(Br)cc(CC2CN(C)CCC2O)cc1OCC.